The molecule has 2 aromatic carbocycles. The molecular weight excluding hydrogens is 437 g/mol. The van der Waals surface area contributed by atoms with E-state index in [-0.39, 0.29) is 23.5 Å². The number of rotatable bonds is 6. The van der Waals surface area contributed by atoms with Crippen LogP contribution in [0.2, 0.25) is 0 Å². The summed E-state index contributed by atoms with van der Waals surface area (Å²) in [5.74, 6) is -0.708. The quantitative estimate of drug-likeness (QED) is 0.508. The van der Waals surface area contributed by atoms with E-state index in [4.69, 9.17) is 0 Å². The smallest absolute Gasteiger partial charge is 0.253 e. The highest BCUT2D eigenvalue weighted by atomic mass is 32.1. The lowest BCUT2D eigenvalue weighted by Gasteiger charge is -2.31. The average molecular weight is 466 g/mol. The number of carbonyl (C=O) groups is 2. The Bertz CT molecular complexity index is 1120. The minimum atomic E-state index is -0.365. The first-order chi connectivity index (χ1) is 15.9. The molecule has 1 saturated heterocycles. The van der Waals surface area contributed by atoms with Gasteiger partial charge in [-0.15, -0.1) is 11.3 Å². The van der Waals surface area contributed by atoms with Crippen molar-refractivity contribution in [3.05, 3.63) is 70.4 Å². The van der Waals surface area contributed by atoms with Gasteiger partial charge in [0, 0.05) is 35.0 Å². The zero-order valence-electron chi connectivity index (χ0n) is 18.9. The lowest BCUT2D eigenvalue weighted by Crippen LogP contribution is -2.41. The van der Waals surface area contributed by atoms with Gasteiger partial charge in [-0.3, -0.25) is 9.59 Å². The second-order valence-electron chi connectivity index (χ2n) is 8.43. The average Bonchev–Trinajstić information content (AvgIpc) is 3.19. The number of piperidine rings is 1. The first-order valence-electron chi connectivity index (χ1n) is 11.4. The highest BCUT2D eigenvalue weighted by Gasteiger charge is 2.28. The number of nitrogens with one attached hydrogen (secondary N) is 1. The van der Waals surface area contributed by atoms with Gasteiger partial charge in [0.25, 0.3) is 5.91 Å². The van der Waals surface area contributed by atoms with E-state index in [2.05, 4.69) is 41.5 Å². The number of hydrogen-bond acceptors (Lipinski definition) is 4. The molecule has 0 unspecified atom stereocenters. The SMILES string of the molecule is CCCc1ccc(-c2nc(NC(=O)C3CCN(C(=O)c4ccc(F)cc4)CC3)sc2C)cc1. The highest BCUT2D eigenvalue weighted by molar-refractivity contribution is 7.16. The number of anilines is 1. The molecule has 0 spiro atoms. The molecule has 4 rings (SSSR count). The Morgan fingerprint density at radius 2 is 1.76 bits per heavy atom. The molecule has 172 valence electrons. The van der Waals surface area contributed by atoms with Crippen LogP contribution in [-0.4, -0.2) is 34.8 Å². The summed E-state index contributed by atoms with van der Waals surface area (Å²) in [5.41, 5.74) is 3.73. The van der Waals surface area contributed by atoms with Crippen molar-refractivity contribution >= 4 is 28.3 Å². The van der Waals surface area contributed by atoms with Gasteiger partial charge in [-0.05, 0) is 56.0 Å². The number of carbonyl (C=O) groups excluding carboxylic acids is 2. The molecule has 2 heterocycles. The van der Waals surface area contributed by atoms with Crippen LogP contribution in [0.25, 0.3) is 11.3 Å². The first-order valence-corrected chi connectivity index (χ1v) is 12.2. The summed E-state index contributed by atoms with van der Waals surface area (Å²) < 4.78 is 13.1. The summed E-state index contributed by atoms with van der Waals surface area (Å²) in [7, 11) is 0. The van der Waals surface area contributed by atoms with E-state index in [1.807, 2.05) is 6.92 Å². The summed E-state index contributed by atoms with van der Waals surface area (Å²) in [6, 6.07) is 14.0. The molecule has 1 N–H and O–H groups in total. The Balaban J connectivity index is 1.34. The summed E-state index contributed by atoms with van der Waals surface area (Å²) >= 11 is 1.48. The van der Waals surface area contributed by atoms with Gasteiger partial charge in [0.1, 0.15) is 5.82 Å². The zero-order valence-corrected chi connectivity index (χ0v) is 19.8. The fourth-order valence-corrected chi connectivity index (χ4v) is 5.00. The van der Waals surface area contributed by atoms with Crippen molar-refractivity contribution in [1.82, 2.24) is 9.88 Å². The van der Waals surface area contributed by atoms with Crippen LogP contribution >= 0.6 is 11.3 Å². The van der Waals surface area contributed by atoms with Crippen LogP contribution in [0.1, 0.15) is 47.0 Å². The van der Waals surface area contributed by atoms with E-state index in [1.54, 1.807) is 4.90 Å². The van der Waals surface area contributed by atoms with Gasteiger partial charge < -0.3 is 10.2 Å². The van der Waals surface area contributed by atoms with Crippen molar-refractivity contribution < 1.29 is 14.0 Å². The van der Waals surface area contributed by atoms with Gasteiger partial charge in [0.05, 0.1) is 5.69 Å². The van der Waals surface area contributed by atoms with E-state index in [0.29, 0.717) is 36.6 Å². The number of thiazole rings is 1. The van der Waals surface area contributed by atoms with Crippen molar-refractivity contribution in [2.45, 2.75) is 39.5 Å². The van der Waals surface area contributed by atoms with Crippen molar-refractivity contribution in [2.75, 3.05) is 18.4 Å². The Kier molecular flexibility index (Phi) is 7.18. The Hall–Kier alpha value is -3.06. The van der Waals surface area contributed by atoms with Crippen LogP contribution in [0.5, 0.6) is 0 Å². The third-order valence-electron chi connectivity index (χ3n) is 6.04. The lowest BCUT2D eigenvalue weighted by atomic mass is 9.95. The molecule has 0 radical (unpaired) electrons. The lowest BCUT2D eigenvalue weighted by molar-refractivity contribution is -0.121. The molecule has 1 fully saturated rings. The topological polar surface area (TPSA) is 62.3 Å². The van der Waals surface area contributed by atoms with E-state index in [0.717, 1.165) is 29.0 Å². The van der Waals surface area contributed by atoms with Crippen LogP contribution in [-0.2, 0) is 11.2 Å². The van der Waals surface area contributed by atoms with Crippen LogP contribution in [0.4, 0.5) is 9.52 Å². The molecule has 0 bridgehead atoms. The Morgan fingerprint density at radius 1 is 1.09 bits per heavy atom. The second kappa shape index (κ2) is 10.3. The predicted octanol–water partition coefficient (Wildman–Crippen LogP) is 5.70. The maximum absolute atomic E-state index is 13.1. The maximum Gasteiger partial charge on any atom is 0.253 e. The van der Waals surface area contributed by atoms with Crippen molar-refractivity contribution in [1.29, 1.82) is 0 Å². The molecular formula is C26H28FN3O2S. The molecule has 0 aliphatic carbocycles. The first kappa shape index (κ1) is 23.1. The van der Waals surface area contributed by atoms with Crippen molar-refractivity contribution in [2.24, 2.45) is 5.92 Å². The van der Waals surface area contributed by atoms with Crippen molar-refractivity contribution in [3.63, 3.8) is 0 Å². The summed E-state index contributed by atoms with van der Waals surface area (Å²) in [6.07, 6.45) is 3.36. The number of amides is 2. The van der Waals surface area contributed by atoms with Gasteiger partial charge in [-0.2, -0.15) is 0 Å². The third-order valence-corrected chi connectivity index (χ3v) is 6.92. The summed E-state index contributed by atoms with van der Waals surface area (Å²) in [4.78, 5) is 32.9. The highest BCUT2D eigenvalue weighted by Crippen LogP contribution is 2.31. The molecule has 1 aliphatic rings. The standard InChI is InChI=1S/C26H28FN3O2S/c1-3-4-18-5-7-19(8-6-18)23-17(2)33-26(28-23)29-24(31)20-13-15-30(16-14-20)25(32)21-9-11-22(27)12-10-21/h5-12,20H,3-4,13-16H2,1-2H3,(H,28,29,31). The molecule has 0 saturated carbocycles. The fraction of sp³-hybridized carbons (Fsp3) is 0.346. The Labute approximate surface area is 197 Å². The fourth-order valence-electron chi connectivity index (χ4n) is 4.16. The van der Waals surface area contributed by atoms with Crippen LogP contribution in [0, 0.1) is 18.7 Å². The summed E-state index contributed by atoms with van der Waals surface area (Å²) in [6.45, 7) is 5.18. The largest absolute Gasteiger partial charge is 0.339 e. The number of likely N-dealkylation sites (tertiary alicyclic amines) is 1. The van der Waals surface area contributed by atoms with Crippen LogP contribution in [0.15, 0.2) is 48.5 Å². The molecule has 33 heavy (non-hydrogen) atoms. The Morgan fingerprint density at radius 3 is 2.39 bits per heavy atom. The molecule has 7 heteroatoms. The molecule has 0 atom stereocenters. The zero-order chi connectivity index (χ0) is 23.4. The third kappa shape index (κ3) is 5.47. The summed E-state index contributed by atoms with van der Waals surface area (Å²) in [5, 5.41) is 3.59. The molecule has 1 aromatic heterocycles. The second-order valence-corrected chi connectivity index (χ2v) is 9.64. The number of benzene rings is 2. The monoisotopic (exact) mass is 465 g/mol. The van der Waals surface area contributed by atoms with E-state index < -0.39 is 0 Å². The van der Waals surface area contributed by atoms with E-state index >= 15 is 0 Å². The number of nitrogens with zero attached hydrogens (tertiary/aromatic N) is 2. The number of aromatic nitrogens is 1. The number of aryl methyl sites for hydroxylation is 2. The minimum absolute atomic E-state index is 0.0533. The maximum atomic E-state index is 13.1. The molecule has 2 amide bonds. The minimum Gasteiger partial charge on any atom is -0.339 e. The number of hydrogen-bond donors (Lipinski definition) is 1. The van der Waals surface area contributed by atoms with Crippen LogP contribution < -0.4 is 5.32 Å². The molecule has 1 aliphatic heterocycles. The van der Waals surface area contributed by atoms with E-state index in [9.17, 15) is 14.0 Å². The predicted molar refractivity (Wildman–Crippen MR) is 130 cm³/mol. The normalized spacial score (nSPS) is 14.3. The van der Waals surface area contributed by atoms with E-state index in [1.165, 1.54) is 41.2 Å². The number of halogens is 1. The van der Waals surface area contributed by atoms with Gasteiger partial charge in [-0.25, -0.2) is 9.37 Å². The van der Waals surface area contributed by atoms with Crippen molar-refractivity contribution in [3.8, 4) is 11.3 Å². The van der Waals surface area contributed by atoms with Gasteiger partial charge in [0.2, 0.25) is 5.91 Å². The van der Waals surface area contributed by atoms with Gasteiger partial charge in [-0.1, -0.05) is 37.6 Å². The molecule has 3 aromatic rings. The van der Waals surface area contributed by atoms with Gasteiger partial charge in [0.15, 0.2) is 5.13 Å². The molecule has 5 nitrogen and oxygen atoms in total. The van der Waals surface area contributed by atoms with Crippen LogP contribution in [0.3, 0.4) is 0 Å². The van der Waals surface area contributed by atoms with Gasteiger partial charge >= 0.3 is 0 Å².